The minimum atomic E-state index is -3.15. The van der Waals surface area contributed by atoms with Crippen molar-refractivity contribution in [3.05, 3.63) is 36.3 Å². The van der Waals surface area contributed by atoms with Crippen molar-refractivity contribution in [2.45, 2.75) is 44.4 Å². The Hall–Kier alpha value is -1.99. The van der Waals surface area contributed by atoms with E-state index in [0.29, 0.717) is 18.4 Å². The van der Waals surface area contributed by atoms with Crippen molar-refractivity contribution in [2.75, 3.05) is 12.3 Å². The maximum absolute atomic E-state index is 12.3. The molecule has 148 valence electrons. The summed E-state index contributed by atoms with van der Waals surface area (Å²) in [6.07, 6.45) is 11.9. The highest BCUT2D eigenvalue weighted by Gasteiger charge is 2.29. The van der Waals surface area contributed by atoms with E-state index in [2.05, 4.69) is 31.8 Å². The van der Waals surface area contributed by atoms with Crippen LogP contribution in [0.4, 0.5) is 0 Å². The van der Waals surface area contributed by atoms with Crippen molar-refractivity contribution in [3.63, 3.8) is 0 Å². The van der Waals surface area contributed by atoms with Crippen molar-refractivity contribution < 1.29 is 8.42 Å². The number of pyridine rings is 2. The first-order valence-corrected chi connectivity index (χ1v) is 11.9. The lowest BCUT2D eigenvalue weighted by atomic mass is 9.78. The Morgan fingerprint density at radius 1 is 1.04 bits per heavy atom. The van der Waals surface area contributed by atoms with Gasteiger partial charge < -0.3 is 4.98 Å². The molecule has 28 heavy (non-hydrogen) atoms. The molecule has 0 unspecified atom stereocenters. The van der Waals surface area contributed by atoms with Gasteiger partial charge in [0.2, 0.25) is 10.0 Å². The number of nitrogens with one attached hydrogen (secondary N) is 2. The molecule has 2 aliphatic carbocycles. The fraction of sp³-hybridized carbons (Fsp3) is 0.524. The Balaban J connectivity index is 1.31. The van der Waals surface area contributed by atoms with Crippen molar-refractivity contribution >= 4 is 32.0 Å². The normalized spacial score (nSPS) is 23.4. The van der Waals surface area contributed by atoms with Gasteiger partial charge >= 0.3 is 0 Å². The Labute approximate surface area is 165 Å². The molecule has 0 atom stereocenters. The molecule has 2 fully saturated rings. The summed E-state index contributed by atoms with van der Waals surface area (Å²) in [7, 11) is -3.15. The van der Waals surface area contributed by atoms with Gasteiger partial charge in [-0.3, -0.25) is 4.98 Å². The number of hydrogen-bond acceptors (Lipinski definition) is 4. The first kappa shape index (κ1) is 18.1. The van der Waals surface area contributed by atoms with Gasteiger partial charge in [0.15, 0.2) is 0 Å². The molecular weight excluding hydrogens is 372 g/mol. The summed E-state index contributed by atoms with van der Waals surface area (Å²) in [4.78, 5) is 12.1. The predicted octanol–water partition coefficient (Wildman–Crippen LogP) is 3.71. The number of sulfonamides is 1. The van der Waals surface area contributed by atoms with Crippen LogP contribution in [0, 0.1) is 11.8 Å². The molecule has 3 heterocycles. The lowest BCUT2D eigenvalue weighted by Gasteiger charge is -2.29. The van der Waals surface area contributed by atoms with Crippen LogP contribution in [0.1, 0.15) is 50.0 Å². The zero-order valence-electron chi connectivity index (χ0n) is 15.9. The van der Waals surface area contributed by atoms with Crippen molar-refractivity contribution in [1.29, 1.82) is 0 Å². The second kappa shape index (κ2) is 7.12. The van der Waals surface area contributed by atoms with Crippen molar-refractivity contribution in [2.24, 2.45) is 11.8 Å². The van der Waals surface area contributed by atoms with E-state index in [1.165, 1.54) is 10.9 Å². The second-order valence-corrected chi connectivity index (χ2v) is 10.3. The monoisotopic (exact) mass is 398 g/mol. The first-order valence-electron chi connectivity index (χ1n) is 10.3. The fourth-order valence-electron chi connectivity index (χ4n) is 4.60. The highest BCUT2D eigenvalue weighted by atomic mass is 32.2. The lowest BCUT2D eigenvalue weighted by molar-refractivity contribution is 0.349. The van der Waals surface area contributed by atoms with E-state index < -0.39 is 10.0 Å². The average molecular weight is 399 g/mol. The summed E-state index contributed by atoms with van der Waals surface area (Å²) >= 11 is 0. The third kappa shape index (κ3) is 3.65. The number of aromatic nitrogens is 3. The minimum absolute atomic E-state index is 0.259. The Morgan fingerprint density at radius 3 is 2.61 bits per heavy atom. The SMILES string of the molecule is O=S(=O)(CC1CCC(c2ccnc3cnc4[nH]ccc4c23)CC1)NCC1CC1. The van der Waals surface area contributed by atoms with Crippen LogP contribution < -0.4 is 4.72 Å². The van der Waals surface area contributed by atoms with Crippen molar-refractivity contribution in [3.8, 4) is 0 Å². The van der Waals surface area contributed by atoms with Gasteiger partial charge in [0.1, 0.15) is 5.65 Å². The van der Waals surface area contributed by atoms with E-state index in [-0.39, 0.29) is 11.7 Å². The molecule has 0 radical (unpaired) electrons. The summed E-state index contributed by atoms with van der Waals surface area (Å²) in [5, 5.41) is 2.31. The molecule has 2 aliphatic rings. The van der Waals surface area contributed by atoms with Gasteiger partial charge in [0.05, 0.1) is 17.5 Å². The van der Waals surface area contributed by atoms with Gasteiger partial charge in [-0.05, 0) is 74.0 Å². The summed E-state index contributed by atoms with van der Waals surface area (Å²) in [6, 6.07) is 4.20. The van der Waals surface area contributed by atoms with Crippen LogP contribution in [0.3, 0.4) is 0 Å². The van der Waals surface area contributed by atoms with E-state index in [9.17, 15) is 8.42 Å². The molecule has 0 saturated heterocycles. The molecule has 7 heteroatoms. The molecular formula is C21H26N4O2S. The standard InChI is InChI=1S/C21H26N4O2S/c26-28(27,25-11-14-1-2-14)13-15-3-5-16(6-4-15)17-7-9-22-19-12-24-21-18(20(17)19)8-10-23-21/h7-10,12,14-16,25H,1-6,11,13H2,(H,23,24). The molecule has 0 amide bonds. The Kier molecular flexibility index (Phi) is 4.59. The van der Waals surface area contributed by atoms with Crippen LogP contribution in [0.15, 0.2) is 30.7 Å². The number of fused-ring (bicyclic) bond motifs is 3. The average Bonchev–Trinajstić information content (AvgIpc) is 3.41. The zero-order valence-corrected chi connectivity index (χ0v) is 16.7. The topological polar surface area (TPSA) is 87.7 Å². The first-order chi connectivity index (χ1) is 13.6. The molecule has 2 N–H and O–H groups in total. The van der Waals surface area contributed by atoms with Crippen LogP contribution >= 0.6 is 0 Å². The van der Waals surface area contributed by atoms with Gasteiger partial charge in [-0.15, -0.1) is 0 Å². The largest absolute Gasteiger partial charge is 0.346 e. The quantitative estimate of drug-likeness (QED) is 0.662. The van der Waals surface area contributed by atoms with Crippen LogP contribution in [0.25, 0.3) is 21.9 Å². The van der Waals surface area contributed by atoms with Crippen LogP contribution in [0.5, 0.6) is 0 Å². The van der Waals surface area contributed by atoms with E-state index in [0.717, 1.165) is 55.1 Å². The second-order valence-electron chi connectivity index (χ2n) is 8.45. The molecule has 0 aromatic carbocycles. The number of nitrogens with zero attached hydrogens (tertiary/aromatic N) is 2. The summed E-state index contributed by atoms with van der Waals surface area (Å²) in [6.45, 7) is 0.626. The number of H-pyrrole nitrogens is 1. The smallest absolute Gasteiger partial charge is 0.211 e. The lowest BCUT2D eigenvalue weighted by Crippen LogP contribution is -2.32. The number of rotatable bonds is 6. The molecule has 3 aromatic heterocycles. The third-order valence-corrected chi connectivity index (χ3v) is 7.87. The zero-order chi connectivity index (χ0) is 19.1. The third-order valence-electron chi connectivity index (χ3n) is 6.35. The molecule has 5 rings (SSSR count). The van der Waals surface area contributed by atoms with Crippen LogP contribution in [-0.4, -0.2) is 35.7 Å². The highest BCUT2D eigenvalue weighted by molar-refractivity contribution is 7.89. The van der Waals surface area contributed by atoms with Crippen LogP contribution in [-0.2, 0) is 10.0 Å². The Morgan fingerprint density at radius 2 is 1.82 bits per heavy atom. The molecule has 0 aliphatic heterocycles. The van der Waals surface area contributed by atoms with Gasteiger partial charge in [-0.1, -0.05) is 0 Å². The molecule has 3 aromatic rings. The van der Waals surface area contributed by atoms with Gasteiger partial charge in [0, 0.05) is 29.7 Å². The predicted molar refractivity (Wildman–Crippen MR) is 111 cm³/mol. The highest BCUT2D eigenvalue weighted by Crippen LogP contribution is 2.40. The Bertz CT molecular complexity index is 1100. The summed E-state index contributed by atoms with van der Waals surface area (Å²) in [5.74, 6) is 1.56. The molecule has 0 bridgehead atoms. The van der Waals surface area contributed by atoms with Gasteiger partial charge in [-0.2, -0.15) is 0 Å². The molecule has 0 spiro atoms. The number of aromatic amines is 1. The molecule has 2 saturated carbocycles. The van der Waals surface area contributed by atoms with E-state index in [1.807, 2.05) is 18.6 Å². The van der Waals surface area contributed by atoms with Crippen LogP contribution in [0.2, 0.25) is 0 Å². The summed E-state index contributed by atoms with van der Waals surface area (Å²) < 4.78 is 27.5. The summed E-state index contributed by atoms with van der Waals surface area (Å²) in [5.41, 5.74) is 3.15. The minimum Gasteiger partial charge on any atom is -0.346 e. The number of hydrogen-bond donors (Lipinski definition) is 2. The fourth-order valence-corrected chi connectivity index (χ4v) is 6.16. The van der Waals surface area contributed by atoms with E-state index in [1.54, 1.807) is 0 Å². The maximum Gasteiger partial charge on any atom is 0.211 e. The van der Waals surface area contributed by atoms with Gasteiger partial charge in [-0.25, -0.2) is 18.1 Å². The van der Waals surface area contributed by atoms with E-state index in [4.69, 9.17) is 0 Å². The van der Waals surface area contributed by atoms with E-state index >= 15 is 0 Å². The maximum atomic E-state index is 12.3. The van der Waals surface area contributed by atoms with Crippen molar-refractivity contribution in [1.82, 2.24) is 19.7 Å². The molecule has 6 nitrogen and oxygen atoms in total. The van der Waals surface area contributed by atoms with Gasteiger partial charge in [0.25, 0.3) is 0 Å².